The summed E-state index contributed by atoms with van der Waals surface area (Å²) in [6.45, 7) is 0. The Labute approximate surface area is 126 Å². The Kier molecular flexibility index (Phi) is 2.62. The summed E-state index contributed by atoms with van der Waals surface area (Å²) in [6.07, 6.45) is 5.47. The molecule has 104 valence electrons. The predicted molar refractivity (Wildman–Crippen MR) is 72.6 cm³/mol. The van der Waals surface area contributed by atoms with Crippen molar-refractivity contribution in [3.63, 3.8) is 0 Å². The van der Waals surface area contributed by atoms with Crippen LogP contribution in [-0.4, -0.2) is 39.4 Å². The monoisotopic (exact) mass is 322 g/mol. The number of fused-ring (bicyclic) bond motifs is 2. The molecule has 11 heteroatoms. The molecule has 0 N–H and O–H groups in total. The number of nitrogens with zero attached hydrogens (tertiary/aromatic N) is 8. The second kappa shape index (κ2) is 4.50. The maximum atomic E-state index is 5.93. The van der Waals surface area contributed by atoms with Crippen LogP contribution in [0, 0.1) is 0 Å². The van der Waals surface area contributed by atoms with E-state index in [1.807, 2.05) is 0 Å². The second-order valence-electron chi connectivity index (χ2n) is 3.90. The van der Waals surface area contributed by atoms with Crippen molar-refractivity contribution in [3.05, 3.63) is 35.6 Å². The number of hydrogen-bond donors (Lipinski definition) is 0. The highest BCUT2D eigenvalue weighted by Crippen LogP contribution is 2.18. The van der Waals surface area contributed by atoms with Crippen molar-refractivity contribution < 1.29 is 4.94 Å². The summed E-state index contributed by atoms with van der Waals surface area (Å²) in [5.41, 5.74) is 1.68. The van der Waals surface area contributed by atoms with Gasteiger partial charge in [0.05, 0.1) is 0 Å². The Morgan fingerprint density at radius 1 is 0.714 bits per heavy atom. The highest BCUT2D eigenvalue weighted by molar-refractivity contribution is 6.33. The number of aromatic nitrogens is 8. The van der Waals surface area contributed by atoms with Gasteiger partial charge in [-0.3, -0.25) is 4.94 Å². The molecule has 0 fully saturated rings. The van der Waals surface area contributed by atoms with E-state index in [0.29, 0.717) is 22.3 Å². The van der Waals surface area contributed by atoms with Crippen LogP contribution in [0.25, 0.3) is 22.3 Å². The maximum Gasteiger partial charge on any atom is 0.203 e. The summed E-state index contributed by atoms with van der Waals surface area (Å²) in [4.78, 5) is 29.6. The van der Waals surface area contributed by atoms with Gasteiger partial charge in [-0.05, 0) is 0 Å². The zero-order chi connectivity index (χ0) is 14.4. The van der Waals surface area contributed by atoms with Crippen LogP contribution in [0.3, 0.4) is 0 Å². The van der Waals surface area contributed by atoms with E-state index in [2.05, 4.69) is 29.9 Å². The van der Waals surface area contributed by atoms with Crippen LogP contribution < -0.4 is 4.94 Å². The summed E-state index contributed by atoms with van der Waals surface area (Å²) < 4.78 is 2.64. The molecule has 4 aromatic rings. The predicted octanol–water partition coefficient (Wildman–Crippen LogP) is 1.16. The van der Waals surface area contributed by atoms with Gasteiger partial charge in [0.2, 0.25) is 11.3 Å². The molecular formula is C10H4Cl2N8O. The normalized spacial score (nSPS) is 11.3. The molecule has 0 saturated carbocycles. The van der Waals surface area contributed by atoms with E-state index in [1.165, 1.54) is 34.8 Å². The highest BCUT2D eigenvalue weighted by atomic mass is 35.5. The standard InChI is InChI=1S/C10H4Cl2N8O/c11-7-5-9(15-1-13-7)19(3-17-5)21-20-4-18-6-8(12)14-2-16-10(6)20/h1-4H. The van der Waals surface area contributed by atoms with E-state index < -0.39 is 0 Å². The number of hydrogen-bond acceptors (Lipinski definition) is 7. The average Bonchev–Trinajstić information content (AvgIpc) is 3.07. The third-order valence-electron chi connectivity index (χ3n) is 2.69. The van der Waals surface area contributed by atoms with E-state index in [4.69, 9.17) is 28.1 Å². The first-order valence-electron chi connectivity index (χ1n) is 5.60. The van der Waals surface area contributed by atoms with Crippen LogP contribution in [0.2, 0.25) is 10.3 Å². The Morgan fingerprint density at radius 2 is 1.19 bits per heavy atom. The van der Waals surface area contributed by atoms with Crippen LogP contribution in [0.1, 0.15) is 0 Å². The molecular weight excluding hydrogens is 319 g/mol. The fourth-order valence-corrected chi connectivity index (χ4v) is 2.14. The third-order valence-corrected chi connectivity index (χ3v) is 3.25. The lowest BCUT2D eigenvalue weighted by Gasteiger charge is -2.05. The molecule has 0 aliphatic rings. The van der Waals surface area contributed by atoms with Crippen molar-refractivity contribution in [1.29, 1.82) is 0 Å². The quantitative estimate of drug-likeness (QED) is 0.511. The summed E-state index contributed by atoms with van der Waals surface area (Å²) in [5, 5.41) is 0.478. The van der Waals surface area contributed by atoms with Crippen LogP contribution in [-0.2, 0) is 0 Å². The van der Waals surface area contributed by atoms with E-state index in [-0.39, 0.29) is 10.3 Å². The summed E-state index contributed by atoms with van der Waals surface area (Å²) >= 11 is 11.9. The molecule has 0 saturated heterocycles. The largest absolute Gasteiger partial charge is 0.276 e. The molecule has 0 bridgehead atoms. The number of rotatable bonds is 2. The minimum Gasteiger partial charge on any atom is -0.276 e. The lowest BCUT2D eigenvalue weighted by molar-refractivity contribution is 0.0475. The van der Waals surface area contributed by atoms with Gasteiger partial charge in [0.25, 0.3) is 0 Å². The van der Waals surface area contributed by atoms with Crippen LogP contribution in [0.5, 0.6) is 0 Å². The minimum atomic E-state index is 0.239. The van der Waals surface area contributed by atoms with Crippen LogP contribution in [0.15, 0.2) is 25.3 Å². The van der Waals surface area contributed by atoms with E-state index >= 15 is 0 Å². The molecule has 4 aromatic heterocycles. The average molecular weight is 323 g/mol. The van der Waals surface area contributed by atoms with Crippen molar-refractivity contribution in [1.82, 2.24) is 39.4 Å². The molecule has 0 atom stereocenters. The first-order chi connectivity index (χ1) is 10.2. The lowest BCUT2D eigenvalue weighted by Crippen LogP contribution is -2.17. The van der Waals surface area contributed by atoms with Gasteiger partial charge in [0.15, 0.2) is 10.3 Å². The second-order valence-corrected chi connectivity index (χ2v) is 4.61. The van der Waals surface area contributed by atoms with Gasteiger partial charge in [0, 0.05) is 0 Å². The number of imidazole rings is 2. The lowest BCUT2D eigenvalue weighted by atomic mass is 10.6. The molecule has 4 rings (SSSR count). The molecule has 0 radical (unpaired) electrons. The van der Waals surface area contributed by atoms with Gasteiger partial charge < -0.3 is 0 Å². The molecule has 0 aliphatic heterocycles. The molecule has 0 unspecified atom stereocenters. The van der Waals surface area contributed by atoms with Gasteiger partial charge in [-0.15, -0.1) is 9.46 Å². The van der Waals surface area contributed by atoms with Crippen LogP contribution in [0.4, 0.5) is 0 Å². The third kappa shape index (κ3) is 1.86. The Hall–Kier alpha value is -2.52. The smallest absolute Gasteiger partial charge is 0.203 e. The van der Waals surface area contributed by atoms with Gasteiger partial charge in [0.1, 0.15) is 36.3 Å². The maximum absolute atomic E-state index is 5.93. The van der Waals surface area contributed by atoms with Gasteiger partial charge >= 0.3 is 0 Å². The van der Waals surface area contributed by atoms with Crippen molar-refractivity contribution in [3.8, 4) is 0 Å². The fraction of sp³-hybridized carbons (Fsp3) is 0. The molecule has 4 heterocycles. The summed E-state index contributed by atoms with van der Waals surface area (Å²) in [6, 6.07) is 0. The first kappa shape index (κ1) is 12.2. The Morgan fingerprint density at radius 3 is 1.67 bits per heavy atom. The number of halogens is 2. The molecule has 0 amide bonds. The van der Waals surface area contributed by atoms with E-state index in [9.17, 15) is 0 Å². The zero-order valence-corrected chi connectivity index (χ0v) is 11.6. The highest BCUT2D eigenvalue weighted by Gasteiger charge is 2.13. The topological polar surface area (TPSA) is 96.4 Å². The fourth-order valence-electron chi connectivity index (χ4n) is 1.79. The van der Waals surface area contributed by atoms with E-state index in [0.717, 1.165) is 0 Å². The first-order valence-corrected chi connectivity index (χ1v) is 6.35. The summed E-state index contributed by atoms with van der Waals surface area (Å²) in [7, 11) is 0. The minimum absolute atomic E-state index is 0.239. The molecule has 0 spiro atoms. The van der Waals surface area contributed by atoms with Gasteiger partial charge in [-0.1, -0.05) is 23.2 Å². The molecule has 21 heavy (non-hydrogen) atoms. The van der Waals surface area contributed by atoms with Crippen molar-refractivity contribution >= 4 is 45.5 Å². The van der Waals surface area contributed by atoms with Crippen molar-refractivity contribution in [2.45, 2.75) is 0 Å². The Balaban J connectivity index is 1.83. The van der Waals surface area contributed by atoms with Gasteiger partial charge in [-0.2, -0.15) is 0 Å². The summed E-state index contributed by atoms with van der Waals surface area (Å²) in [5.74, 6) is 0. The van der Waals surface area contributed by atoms with Crippen molar-refractivity contribution in [2.24, 2.45) is 0 Å². The van der Waals surface area contributed by atoms with Gasteiger partial charge in [-0.25, -0.2) is 29.9 Å². The zero-order valence-electron chi connectivity index (χ0n) is 10.1. The Bertz CT molecular complexity index is 886. The molecule has 9 nitrogen and oxygen atoms in total. The van der Waals surface area contributed by atoms with Crippen LogP contribution >= 0.6 is 23.2 Å². The molecule has 0 aliphatic carbocycles. The SMILES string of the molecule is Clc1ncnc2c1ncn2On1cnc2c(Cl)ncnc21. The van der Waals surface area contributed by atoms with E-state index in [1.54, 1.807) is 0 Å². The van der Waals surface area contributed by atoms with Crippen molar-refractivity contribution in [2.75, 3.05) is 0 Å². The molecule has 0 aromatic carbocycles.